The van der Waals surface area contributed by atoms with E-state index in [9.17, 15) is 4.79 Å². The first-order chi connectivity index (χ1) is 10.6. The quantitative estimate of drug-likeness (QED) is 0.391. The van der Waals surface area contributed by atoms with Gasteiger partial charge >= 0.3 is 5.97 Å². The highest BCUT2D eigenvalue weighted by Crippen LogP contribution is 2.18. The minimum Gasteiger partial charge on any atom is -0.482 e. The summed E-state index contributed by atoms with van der Waals surface area (Å²) >= 11 is 0. The molecule has 114 valence electrons. The average Bonchev–Trinajstić information content (AvgIpc) is 2.54. The first-order valence-corrected chi connectivity index (χ1v) is 6.76. The smallest absolute Gasteiger partial charge is 0.372 e. The zero-order valence-electron chi connectivity index (χ0n) is 12.5. The Bertz CT molecular complexity index is 684. The lowest BCUT2D eigenvalue weighted by atomic mass is 10.1. The number of pyridine rings is 1. The molecule has 0 radical (unpaired) electrons. The van der Waals surface area contributed by atoms with E-state index in [2.05, 4.69) is 10.1 Å². The van der Waals surface area contributed by atoms with Crippen LogP contribution in [0.5, 0.6) is 5.75 Å². The predicted octanol–water partition coefficient (Wildman–Crippen LogP) is 1.36. The molecule has 2 rings (SSSR count). The number of carbonyl (C=O) groups is 1. The molecule has 6 heteroatoms. The number of aromatic nitrogens is 1. The number of nitrogens with two attached hydrogens (primary N) is 1. The maximum atomic E-state index is 11.6. The van der Waals surface area contributed by atoms with Crippen LogP contribution in [0.4, 0.5) is 0 Å². The highest BCUT2D eigenvalue weighted by Gasteiger charge is 2.09. The molecule has 0 amide bonds. The second-order valence-electron chi connectivity index (χ2n) is 4.77. The van der Waals surface area contributed by atoms with Crippen LogP contribution in [0.2, 0.25) is 0 Å². The molecule has 3 N–H and O–H groups in total. The van der Waals surface area contributed by atoms with Gasteiger partial charge in [-0.1, -0.05) is 17.3 Å². The Morgan fingerprint density at radius 1 is 1.27 bits per heavy atom. The lowest BCUT2D eigenvalue weighted by Crippen LogP contribution is -2.25. The molecule has 0 spiro atoms. The summed E-state index contributed by atoms with van der Waals surface area (Å²) in [4.78, 5) is 19.2. The van der Waals surface area contributed by atoms with Crippen LogP contribution >= 0.6 is 0 Å². The van der Waals surface area contributed by atoms with Crippen molar-refractivity contribution in [1.29, 1.82) is 0 Å². The van der Waals surface area contributed by atoms with Gasteiger partial charge in [0.1, 0.15) is 5.75 Å². The van der Waals surface area contributed by atoms with E-state index in [1.54, 1.807) is 24.4 Å². The molecule has 0 saturated carbocycles. The van der Waals surface area contributed by atoms with Gasteiger partial charge in [0.15, 0.2) is 12.8 Å². The Morgan fingerprint density at radius 3 is 2.82 bits per heavy atom. The molecular weight excluding hydrogens is 282 g/mol. The molecule has 0 bridgehead atoms. The predicted molar refractivity (Wildman–Crippen MR) is 81.2 cm³/mol. The van der Waals surface area contributed by atoms with Crippen LogP contribution in [-0.2, 0) is 9.63 Å². The van der Waals surface area contributed by atoms with Crippen LogP contribution < -0.4 is 15.5 Å². The minimum atomic E-state index is -0.625. The van der Waals surface area contributed by atoms with Crippen molar-refractivity contribution < 1.29 is 19.4 Å². The summed E-state index contributed by atoms with van der Waals surface area (Å²) in [6.07, 6.45) is 1.70. The van der Waals surface area contributed by atoms with Crippen molar-refractivity contribution in [2.24, 2.45) is 10.9 Å². The molecule has 2 aromatic rings. The van der Waals surface area contributed by atoms with Gasteiger partial charge in [-0.3, -0.25) is 0 Å². The van der Waals surface area contributed by atoms with Crippen LogP contribution in [0.15, 0.2) is 47.8 Å². The second kappa shape index (κ2) is 7.21. The van der Waals surface area contributed by atoms with Crippen LogP contribution in [0.25, 0.3) is 0 Å². The molecule has 0 aliphatic heterocycles. The van der Waals surface area contributed by atoms with Gasteiger partial charge in [-0.25, -0.2) is 9.78 Å². The molecule has 0 aliphatic carbocycles. The van der Waals surface area contributed by atoms with E-state index in [0.717, 1.165) is 11.1 Å². The summed E-state index contributed by atoms with van der Waals surface area (Å²) in [7, 11) is 0. The number of aromatic amines is 1. The van der Waals surface area contributed by atoms with E-state index in [1.807, 2.05) is 32.0 Å². The lowest BCUT2D eigenvalue weighted by molar-refractivity contribution is -0.380. The number of nitrogens with one attached hydrogen (secondary N) is 1. The maximum absolute atomic E-state index is 11.6. The van der Waals surface area contributed by atoms with Gasteiger partial charge < -0.3 is 15.3 Å². The molecule has 0 saturated heterocycles. The van der Waals surface area contributed by atoms with E-state index in [1.165, 1.54) is 0 Å². The van der Waals surface area contributed by atoms with Crippen molar-refractivity contribution >= 4 is 11.8 Å². The Hall–Kier alpha value is -2.89. The van der Waals surface area contributed by atoms with Gasteiger partial charge in [-0.05, 0) is 37.1 Å². The zero-order valence-corrected chi connectivity index (χ0v) is 12.5. The van der Waals surface area contributed by atoms with Crippen LogP contribution in [0.1, 0.15) is 16.8 Å². The monoisotopic (exact) mass is 300 g/mol. The molecule has 0 atom stereocenters. The number of rotatable bonds is 5. The summed E-state index contributed by atoms with van der Waals surface area (Å²) in [6, 6.07) is 11.1. The number of nitrogens with zero attached hydrogens (tertiary/aromatic N) is 1. The third-order valence-electron chi connectivity index (χ3n) is 2.92. The number of hydrogen-bond donors (Lipinski definition) is 1. The van der Waals surface area contributed by atoms with Gasteiger partial charge in [0, 0.05) is 12.1 Å². The number of aryl methyl sites for hydroxylation is 2. The molecular formula is C16H18N3O3+. The third-order valence-corrected chi connectivity index (χ3v) is 2.92. The van der Waals surface area contributed by atoms with Gasteiger partial charge in [-0.2, -0.15) is 0 Å². The standard InChI is InChI=1S/C16H17N3O3/c1-11-6-7-12(2)14(9-11)21-10-15(20)22-19-16(17)13-5-3-4-8-18-13/h3-9H,10H2,1-2H3,(H2,17,19)/p+1. The number of benzene rings is 1. The summed E-state index contributed by atoms with van der Waals surface area (Å²) in [6.45, 7) is 3.62. The van der Waals surface area contributed by atoms with E-state index in [-0.39, 0.29) is 12.4 Å². The molecule has 0 fully saturated rings. The Kier molecular flexibility index (Phi) is 5.08. The number of oxime groups is 1. The third kappa shape index (κ3) is 4.31. The topological polar surface area (TPSA) is 88.0 Å². The zero-order chi connectivity index (χ0) is 15.9. The number of ether oxygens (including phenoxy) is 1. The normalized spacial score (nSPS) is 11.1. The van der Waals surface area contributed by atoms with E-state index in [4.69, 9.17) is 15.3 Å². The number of amidine groups is 1. The van der Waals surface area contributed by atoms with E-state index >= 15 is 0 Å². The van der Waals surface area contributed by atoms with Crippen molar-refractivity contribution in [2.45, 2.75) is 13.8 Å². The molecule has 0 unspecified atom stereocenters. The Morgan fingerprint density at radius 2 is 2.09 bits per heavy atom. The van der Waals surface area contributed by atoms with Gasteiger partial charge in [-0.15, -0.1) is 0 Å². The molecule has 0 aliphatic rings. The average molecular weight is 300 g/mol. The van der Waals surface area contributed by atoms with E-state index in [0.29, 0.717) is 11.4 Å². The molecule has 22 heavy (non-hydrogen) atoms. The first kappa shape index (κ1) is 15.5. The lowest BCUT2D eigenvalue weighted by Gasteiger charge is -2.08. The second-order valence-corrected chi connectivity index (χ2v) is 4.77. The summed E-state index contributed by atoms with van der Waals surface area (Å²) in [5.74, 6) is 0.103. The van der Waals surface area contributed by atoms with Crippen molar-refractivity contribution in [3.8, 4) is 5.75 Å². The number of carbonyl (C=O) groups excluding carboxylic acids is 1. The van der Waals surface area contributed by atoms with Crippen LogP contribution in [-0.4, -0.2) is 18.4 Å². The van der Waals surface area contributed by atoms with Crippen LogP contribution in [0, 0.1) is 13.8 Å². The minimum absolute atomic E-state index is 0.0840. The van der Waals surface area contributed by atoms with Crippen molar-refractivity contribution in [1.82, 2.24) is 0 Å². The SMILES string of the molecule is Cc1ccc(C)c(OCC(=O)ON=C(N)c2cccc[nH+]2)c1. The number of hydrogen-bond acceptors (Lipinski definition) is 4. The highest BCUT2D eigenvalue weighted by molar-refractivity contribution is 5.94. The summed E-state index contributed by atoms with van der Waals surface area (Å²) in [5, 5.41) is 3.58. The maximum Gasteiger partial charge on any atom is 0.372 e. The van der Waals surface area contributed by atoms with Crippen molar-refractivity contribution in [2.75, 3.05) is 6.61 Å². The Labute approximate surface area is 128 Å². The molecule has 6 nitrogen and oxygen atoms in total. The summed E-state index contributed by atoms with van der Waals surface area (Å²) < 4.78 is 5.42. The number of H-pyrrole nitrogens is 1. The van der Waals surface area contributed by atoms with Crippen molar-refractivity contribution in [3.63, 3.8) is 0 Å². The highest BCUT2D eigenvalue weighted by atomic mass is 16.7. The van der Waals surface area contributed by atoms with Crippen molar-refractivity contribution in [3.05, 3.63) is 59.4 Å². The van der Waals surface area contributed by atoms with Gasteiger partial charge in [0.05, 0.1) is 0 Å². The fraction of sp³-hybridized carbons (Fsp3) is 0.188. The van der Waals surface area contributed by atoms with Crippen LogP contribution in [0.3, 0.4) is 0 Å². The van der Waals surface area contributed by atoms with Gasteiger partial charge in [0.2, 0.25) is 11.5 Å². The largest absolute Gasteiger partial charge is 0.482 e. The first-order valence-electron chi connectivity index (χ1n) is 6.76. The fourth-order valence-corrected chi connectivity index (χ4v) is 1.73. The molecule has 1 aromatic carbocycles. The molecule has 1 heterocycles. The van der Waals surface area contributed by atoms with Gasteiger partial charge in [0.25, 0.3) is 0 Å². The van der Waals surface area contributed by atoms with E-state index < -0.39 is 5.97 Å². The fourth-order valence-electron chi connectivity index (χ4n) is 1.73. The summed E-state index contributed by atoms with van der Waals surface area (Å²) in [5.41, 5.74) is 8.25. The Balaban J connectivity index is 1.89. The molecule has 1 aromatic heterocycles.